The molecular weight excluding hydrogens is 306 g/mol. The molecule has 0 spiro atoms. The van der Waals surface area contributed by atoms with Gasteiger partial charge in [0.1, 0.15) is 6.54 Å². The Bertz CT molecular complexity index is 497. The second-order valence-corrected chi connectivity index (χ2v) is 5.63. The monoisotopic (exact) mass is 329 g/mol. The molecule has 2 N–H and O–H groups in total. The molecule has 124 valence electrons. The van der Waals surface area contributed by atoms with Crippen LogP contribution in [0.25, 0.3) is 0 Å². The average Bonchev–Trinajstić information content (AvgIpc) is 3.08. The van der Waals surface area contributed by atoms with E-state index in [-0.39, 0.29) is 30.8 Å². The van der Waals surface area contributed by atoms with Crippen molar-refractivity contribution < 1.29 is 9.59 Å². The smallest absolute Gasteiger partial charge is 0.243 e. The van der Waals surface area contributed by atoms with Crippen molar-refractivity contribution in [3.63, 3.8) is 0 Å². The molecule has 0 bridgehead atoms. The van der Waals surface area contributed by atoms with Crippen LogP contribution in [-0.2, 0) is 16.1 Å². The quantitative estimate of drug-likeness (QED) is 0.806. The predicted molar refractivity (Wildman–Crippen MR) is 87.0 cm³/mol. The first kappa shape index (κ1) is 18.4. The first-order chi connectivity index (χ1) is 10.0. The fourth-order valence-electron chi connectivity index (χ4n) is 2.30. The molecule has 0 saturated carbocycles. The van der Waals surface area contributed by atoms with E-state index in [0.717, 1.165) is 25.9 Å². The molecule has 1 fully saturated rings. The molecule has 0 radical (unpaired) electrons. The summed E-state index contributed by atoms with van der Waals surface area (Å²) in [5.74, 6) is 1.04. The highest BCUT2D eigenvalue weighted by atomic mass is 35.5. The van der Waals surface area contributed by atoms with Crippen LogP contribution in [0.3, 0.4) is 0 Å². The Morgan fingerprint density at radius 2 is 2.27 bits per heavy atom. The van der Waals surface area contributed by atoms with Crippen LogP contribution in [0.2, 0.25) is 0 Å². The van der Waals surface area contributed by atoms with E-state index in [1.165, 1.54) is 9.58 Å². The van der Waals surface area contributed by atoms with Gasteiger partial charge in [-0.15, -0.1) is 12.4 Å². The molecule has 1 atom stereocenters. The normalized spacial score (nSPS) is 16.9. The molecule has 7 nitrogen and oxygen atoms in total. The van der Waals surface area contributed by atoms with Gasteiger partial charge in [-0.05, 0) is 31.8 Å². The van der Waals surface area contributed by atoms with E-state index in [1.54, 1.807) is 26.4 Å². The lowest BCUT2D eigenvalue weighted by Gasteiger charge is -2.09. The standard InChI is InChI=1S/C14H23N5O2.ClH/c1-18(2)14(21)10-19-8-6-12(17-19)16-13(20)4-3-11-5-7-15-9-11;/h6,8,11,15H,3-5,7,9-10H2,1-2H3,(H,16,17,20);1H. The first-order valence-electron chi connectivity index (χ1n) is 7.29. The van der Waals surface area contributed by atoms with Gasteiger partial charge in [-0.1, -0.05) is 0 Å². The zero-order valence-electron chi connectivity index (χ0n) is 13.0. The Morgan fingerprint density at radius 3 is 2.91 bits per heavy atom. The van der Waals surface area contributed by atoms with E-state index >= 15 is 0 Å². The number of carbonyl (C=O) groups excluding carboxylic acids is 2. The Morgan fingerprint density at radius 1 is 1.50 bits per heavy atom. The summed E-state index contributed by atoms with van der Waals surface area (Å²) >= 11 is 0. The van der Waals surface area contributed by atoms with Crippen molar-refractivity contribution in [3.8, 4) is 0 Å². The number of nitrogens with zero attached hydrogens (tertiary/aromatic N) is 3. The number of rotatable bonds is 6. The third-order valence-electron chi connectivity index (χ3n) is 3.65. The molecule has 2 amide bonds. The summed E-state index contributed by atoms with van der Waals surface area (Å²) in [5.41, 5.74) is 0. The van der Waals surface area contributed by atoms with Crippen LogP contribution in [0.5, 0.6) is 0 Å². The summed E-state index contributed by atoms with van der Waals surface area (Å²) in [7, 11) is 3.40. The molecule has 0 aliphatic carbocycles. The molecule has 22 heavy (non-hydrogen) atoms. The molecule has 8 heteroatoms. The van der Waals surface area contributed by atoms with Crippen molar-refractivity contribution in [2.75, 3.05) is 32.5 Å². The summed E-state index contributed by atoms with van der Waals surface area (Å²) < 4.78 is 1.53. The third kappa shape index (κ3) is 5.65. The molecule has 0 aromatic carbocycles. The van der Waals surface area contributed by atoms with Crippen molar-refractivity contribution in [3.05, 3.63) is 12.3 Å². The first-order valence-corrected chi connectivity index (χ1v) is 7.29. The summed E-state index contributed by atoms with van der Waals surface area (Å²) in [6.07, 6.45) is 4.25. The predicted octanol–water partition coefficient (Wildman–Crippen LogP) is 0.721. The Kier molecular flexibility index (Phi) is 7.34. The lowest BCUT2D eigenvalue weighted by Crippen LogP contribution is -2.26. The van der Waals surface area contributed by atoms with Gasteiger partial charge in [0.2, 0.25) is 11.8 Å². The second kappa shape index (κ2) is 8.75. The van der Waals surface area contributed by atoms with Crippen molar-refractivity contribution in [1.82, 2.24) is 20.0 Å². The molecule has 1 saturated heterocycles. The van der Waals surface area contributed by atoms with Crippen molar-refractivity contribution in [2.45, 2.75) is 25.8 Å². The lowest BCUT2D eigenvalue weighted by atomic mass is 10.0. The van der Waals surface area contributed by atoms with Crippen molar-refractivity contribution in [2.24, 2.45) is 5.92 Å². The van der Waals surface area contributed by atoms with Crippen molar-refractivity contribution >= 4 is 30.0 Å². The van der Waals surface area contributed by atoms with Crippen LogP contribution in [0.15, 0.2) is 12.3 Å². The number of anilines is 1. The maximum atomic E-state index is 11.9. The number of halogens is 1. The molecule has 1 unspecified atom stereocenters. The zero-order chi connectivity index (χ0) is 15.2. The van der Waals surface area contributed by atoms with Crippen molar-refractivity contribution in [1.29, 1.82) is 0 Å². The Hall–Kier alpha value is -1.60. The number of aromatic nitrogens is 2. The minimum Gasteiger partial charge on any atom is -0.347 e. The van der Waals surface area contributed by atoms with Gasteiger partial charge < -0.3 is 15.5 Å². The highest BCUT2D eigenvalue weighted by molar-refractivity contribution is 5.89. The minimum atomic E-state index is -0.0373. The number of hydrogen-bond acceptors (Lipinski definition) is 4. The van der Waals surface area contributed by atoms with Crippen LogP contribution in [0.4, 0.5) is 5.82 Å². The van der Waals surface area contributed by atoms with E-state index in [2.05, 4.69) is 15.7 Å². The second-order valence-electron chi connectivity index (χ2n) is 5.63. The topological polar surface area (TPSA) is 79.3 Å². The maximum absolute atomic E-state index is 11.9. The van der Waals surface area contributed by atoms with Gasteiger partial charge in [0, 0.05) is 32.8 Å². The summed E-state index contributed by atoms with van der Waals surface area (Å²) in [6, 6.07) is 1.71. The molecule has 1 aromatic heterocycles. The maximum Gasteiger partial charge on any atom is 0.243 e. The van der Waals surface area contributed by atoms with Crippen LogP contribution in [-0.4, -0.2) is 53.7 Å². The molecular formula is C14H24ClN5O2. The summed E-state index contributed by atoms with van der Waals surface area (Å²) in [4.78, 5) is 24.9. The minimum absolute atomic E-state index is 0. The van der Waals surface area contributed by atoms with Gasteiger partial charge in [-0.3, -0.25) is 14.3 Å². The number of amides is 2. The molecule has 1 aromatic rings. The van der Waals surface area contributed by atoms with Gasteiger partial charge in [0.05, 0.1) is 0 Å². The SMILES string of the molecule is CN(C)C(=O)Cn1ccc(NC(=O)CCC2CCNC2)n1.Cl. The van der Waals surface area contributed by atoms with Gasteiger partial charge in [0.15, 0.2) is 5.82 Å². The number of nitrogens with one attached hydrogen (secondary N) is 2. The molecule has 2 heterocycles. The van der Waals surface area contributed by atoms with Gasteiger partial charge in [-0.2, -0.15) is 5.10 Å². The van der Waals surface area contributed by atoms with Crippen LogP contribution >= 0.6 is 12.4 Å². The molecule has 2 rings (SSSR count). The zero-order valence-corrected chi connectivity index (χ0v) is 13.9. The number of hydrogen-bond donors (Lipinski definition) is 2. The summed E-state index contributed by atoms with van der Waals surface area (Å²) in [6.45, 7) is 2.24. The van der Waals surface area contributed by atoms with Gasteiger partial charge in [-0.25, -0.2) is 0 Å². The highest BCUT2D eigenvalue weighted by Crippen LogP contribution is 2.14. The Labute approximate surface area is 136 Å². The fraction of sp³-hybridized carbons (Fsp3) is 0.643. The third-order valence-corrected chi connectivity index (χ3v) is 3.65. The molecule has 1 aliphatic heterocycles. The van der Waals surface area contributed by atoms with Gasteiger partial charge >= 0.3 is 0 Å². The summed E-state index contributed by atoms with van der Waals surface area (Å²) in [5, 5.41) is 10.2. The molecule has 1 aliphatic rings. The lowest BCUT2D eigenvalue weighted by molar-refractivity contribution is -0.129. The van der Waals surface area contributed by atoms with E-state index < -0.39 is 0 Å². The van der Waals surface area contributed by atoms with E-state index in [9.17, 15) is 9.59 Å². The highest BCUT2D eigenvalue weighted by Gasteiger charge is 2.16. The number of carbonyl (C=O) groups is 2. The Balaban J connectivity index is 0.00000242. The van der Waals surface area contributed by atoms with Crippen LogP contribution in [0.1, 0.15) is 19.3 Å². The van der Waals surface area contributed by atoms with Crippen LogP contribution in [0, 0.1) is 5.92 Å². The van der Waals surface area contributed by atoms with E-state index in [1.807, 2.05) is 0 Å². The number of likely N-dealkylation sites (N-methyl/N-ethyl adjacent to an activating group) is 1. The van der Waals surface area contributed by atoms with Gasteiger partial charge in [0.25, 0.3) is 0 Å². The fourth-order valence-corrected chi connectivity index (χ4v) is 2.30. The van der Waals surface area contributed by atoms with E-state index in [0.29, 0.717) is 18.2 Å². The van der Waals surface area contributed by atoms with Crippen LogP contribution < -0.4 is 10.6 Å². The largest absolute Gasteiger partial charge is 0.347 e. The van der Waals surface area contributed by atoms with E-state index in [4.69, 9.17) is 0 Å². The average molecular weight is 330 g/mol.